The zero-order valence-electron chi connectivity index (χ0n) is 21.6. The van der Waals surface area contributed by atoms with Crippen molar-refractivity contribution in [2.24, 2.45) is 0 Å². The van der Waals surface area contributed by atoms with E-state index in [1.165, 1.54) is 41.3 Å². The first kappa shape index (κ1) is 30.4. The Labute approximate surface area is 238 Å². The lowest BCUT2D eigenvalue weighted by atomic mass is 10.0. The fraction of sp³-hybridized carbons (Fsp3) is 0.286. The van der Waals surface area contributed by atoms with E-state index in [9.17, 15) is 22.4 Å². The van der Waals surface area contributed by atoms with Gasteiger partial charge in [-0.25, -0.2) is 12.8 Å². The molecular formula is C28H30Cl2FN3O4S. The number of nitrogens with one attached hydrogen (secondary N) is 1. The van der Waals surface area contributed by atoms with Crippen molar-refractivity contribution >= 4 is 50.7 Å². The molecule has 0 heterocycles. The number of anilines is 1. The van der Waals surface area contributed by atoms with Gasteiger partial charge in [0.25, 0.3) is 0 Å². The van der Waals surface area contributed by atoms with Gasteiger partial charge in [-0.15, -0.1) is 0 Å². The lowest BCUT2D eigenvalue weighted by molar-refractivity contribution is -0.140. The van der Waals surface area contributed by atoms with Crippen molar-refractivity contribution in [3.05, 3.63) is 99.8 Å². The lowest BCUT2D eigenvalue weighted by Gasteiger charge is -2.33. The summed E-state index contributed by atoms with van der Waals surface area (Å²) < 4.78 is 41.2. The maximum atomic E-state index is 14.7. The summed E-state index contributed by atoms with van der Waals surface area (Å²) in [5.41, 5.74) is 1.10. The maximum absolute atomic E-state index is 14.7. The summed E-state index contributed by atoms with van der Waals surface area (Å²) in [7, 11) is -3.97. The van der Waals surface area contributed by atoms with Gasteiger partial charge in [-0.2, -0.15) is 0 Å². The number of amides is 2. The van der Waals surface area contributed by atoms with Gasteiger partial charge in [-0.05, 0) is 36.2 Å². The van der Waals surface area contributed by atoms with E-state index < -0.39 is 40.2 Å². The molecule has 3 aromatic rings. The Hall–Kier alpha value is -3.14. The number of nitrogens with zero attached hydrogens (tertiary/aromatic N) is 2. The third-order valence-electron chi connectivity index (χ3n) is 5.99. The van der Waals surface area contributed by atoms with Crippen LogP contribution in [0, 0.1) is 5.82 Å². The van der Waals surface area contributed by atoms with Crippen LogP contribution >= 0.6 is 23.2 Å². The predicted octanol–water partition coefficient (Wildman–Crippen LogP) is 5.06. The Kier molecular flexibility index (Phi) is 10.7. The Morgan fingerprint density at radius 3 is 2.26 bits per heavy atom. The molecule has 0 bridgehead atoms. The highest BCUT2D eigenvalue weighted by atomic mass is 35.5. The van der Waals surface area contributed by atoms with Crippen LogP contribution in [0.1, 0.15) is 24.5 Å². The average Bonchev–Trinajstić information content (AvgIpc) is 2.90. The first-order chi connectivity index (χ1) is 18.5. The number of hydrogen-bond donors (Lipinski definition) is 1. The molecule has 0 fully saturated rings. The summed E-state index contributed by atoms with van der Waals surface area (Å²) in [5.74, 6) is -1.67. The number of rotatable bonds is 12. The van der Waals surface area contributed by atoms with Gasteiger partial charge in [-0.1, -0.05) is 78.7 Å². The van der Waals surface area contributed by atoms with E-state index in [1.807, 2.05) is 37.3 Å². The van der Waals surface area contributed by atoms with Gasteiger partial charge in [0, 0.05) is 25.1 Å². The van der Waals surface area contributed by atoms with Crippen LogP contribution in [-0.2, 0) is 32.6 Å². The van der Waals surface area contributed by atoms with E-state index in [0.717, 1.165) is 16.1 Å². The monoisotopic (exact) mass is 593 g/mol. The van der Waals surface area contributed by atoms with Crippen molar-refractivity contribution in [3.63, 3.8) is 0 Å². The van der Waals surface area contributed by atoms with E-state index in [4.69, 9.17) is 23.2 Å². The van der Waals surface area contributed by atoms with Gasteiger partial charge >= 0.3 is 0 Å². The SMILES string of the molecule is CCCNC(=O)C(Cc1ccccc1)N(Cc1ccccc1F)C(=O)CN(c1ccc(Cl)c(Cl)c1)S(C)(=O)=O. The molecule has 0 saturated heterocycles. The average molecular weight is 595 g/mol. The second-order valence-corrected chi connectivity index (χ2v) is 11.7. The molecule has 39 heavy (non-hydrogen) atoms. The highest BCUT2D eigenvalue weighted by Crippen LogP contribution is 2.29. The lowest BCUT2D eigenvalue weighted by Crippen LogP contribution is -2.53. The molecule has 1 unspecified atom stereocenters. The number of halogens is 3. The minimum atomic E-state index is -3.97. The van der Waals surface area contributed by atoms with E-state index in [1.54, 1.807) is 6.07 Å². The molecule has 3 rings (SSSR count). The second kappa shape index (κ2) is 13.8. The Bertz CT molecular complexity index is 1410. The van der Waals surface area contributed by atoms with Crippen LogP contribution in [0.4, 0.5) is 10.1 Å². The number of benzene rings is 3. The molecule has 1 N–H and O–H groups in total. The normalized spacial score (nSPS) is 12.0. The van der Waals surface area contributed by atoms with Crippen LogP contribution in [0.3, 0.4) is 0 Å². The zero-order valence-corrected chi connectivity index (χ0v) is 23.9. The van der Waals surface area contributed by atoms with Crippen molar-refractivity contribution < 1.29 is 22.4 Å². The van der Waals surface area contributed by atoms with Crippen molar-refractivity contribution in [2.45, 2.75) is 32.4 Å². The van der Waals surface area contributed by atoms with Crippen molar-refractivity contribution in [3.8, 4) is 0 Å². The summed E-state index contributed by atoms with van der Waals surface area (Å²) in [6, 6.07) is 18.2. The minimum absolute atomic E-state index is 0.111. The Morgan fingerprint density at radius 2 is 1.64 bits per heavy atom. The molecule has 0 radical (unpaired) electrons. The van der Waals surface area contributed by atoms with Crippen molar-refractivity contribution in [1.82, 2.24) is 10.2 Å². The van der Waals surface area contributed by atoms with Gasteiger partial charge in [0.2, 0.25) is 21.8 Å². The Balaban J connectivity index is 2.06. The van der Waals surface area contributed by atoms with Crippen LogP contribution in [-0.4, -0.2) is 50.5 Å². The van der Waals surface area contributed by atoms with Gasteiger partial charge < -0.3 is 10.2 Å². The molecule has 0 aliphatic rings. The molecule has 208 valence electrons. The van der Waals surface area contributed by atoms with Crippen LogP contribution in [0.2, 0.25) is 10.0 Å². The van der Waals surface area contributed by atoms with Crippen molar-refractivity contribution in [2.75, 3.05) is 23.7 Å². The quantitative estimate of drug-likeness (QED) is 0.318. The molecular weight excluding hydrogens is 564 g/mol. The predicted molar refractivity (Wildman–Crippen MR) is 153 cm³/mol. The fourth-order valence-corrected chi connectivity index (χ4v) is 5.12. The molecule has 0 aromatic heterocycles. The third kappa shape index (κ3) is 8.42. The summed E-state index contributed by atoms with van der Waals surface area (Å²) in [5, 5.41) is 3.16. The van der Waals surface area contributed by atoms with Gasteiger partial charge in [-0.3, -0.25) is 13.9 Å². The van der Waals surface area contributed by atoms with Crippen LogP contribution in [0.15, 0.2) is 72.8 Å². The minimum Gasteiger partial charge on any atom is -0.354 e. The number of carbonyl (C=O) groups is 2. The first-order valence-electron chi connectivity index (χ1n) is 12.3. The molecule has 2 amide bonds. The van der Waals surface area contributed by atoms with E-state index >= 15 is 0 Å². The van der Waals surface area contributed by atoms with Crippen LogP contribution < -0.4 is 9.62 Å². The summed E-state index contributed by atoms with van der Waals surface area (Å²) in [6.45, 7) is 1.39. The summed E-state index contributed by atoms with van der Waals surface area (Å²) in [6.07, 6.45) is 1.77. The number of hydrogen-bond acceptors (Lipinski definition) is 4. The molecule has 0 saturated carbocycles. The van der Waals surface area contributed by atoms with Gasteiger partial charge in [0.05, 0.1) is 22.0 Å². The number of sulfonamides is 1. The highest BCUT2D eigenvalue weighted by molar-refractivity contribution is 7.92. The molecule has 3 aromatic carbocycles. The summed E-state index contributed by atoms with van der Waals surface area (Å²) in [4.78, 5) is 28.5. The topological polar surface area (TPSA) is 86.8 Å². The van der Waals surface area contributed by atoms with E-state index in [2.05, 4.69) is 5.32 Å². The van der Waals surface area contributed by atoms with Crippen molar-refractivity contribution in [1.29, 1.82) is 0 Å². The number of carbonyl (C=O) groups excluding carboxylic acids is 2. The smallest absolute Gasteiger partial charge is 0.244 e. The molecule has 1 atom stereocenters. The molecule has 11 heteroatoms. The molecule has 7 nitrogen and oxygen atoms in total. The van der Waals surface area contributed by atoms with E-state index in [-0.39, 0.29) is 34.3 Å². The third-order valence-corrected chi connectivity index (χ3v) is 7.87. The maximum Gasteiger partial charge on any atom is 0.244 e. The summed E-state index contributed by atoms with van der Waals surface area (Å²) >= 11 is 12.1. The fourth-order valence-electron chi connectivity index (χ4n) is 3.98. The highest BCUT2D eigenvalue weighted by Gasteiger charge is 2.33. The molecule has 0 spiro atoms. The van der Waals surface area contributed by atoms with Crippen LogP contribution in [0.25, 0.3) is 0 Å². The standard InChI is InChI=1S/C28H30Cl2FN3O4S/c1-3-15-32-28(36)26(16-20-9-5-4-6-10-20)33(18-21-11-7-8-12-25(21)31)27(35)19-34(39(2,37)38)22-13-14-23(29)24(30)17-22/h4-14,17,26H,3,15-16,18-19H2,1-2H3,(H,32,36). The second-order valence-electron chi connectivity index (χ2n) is 8.98. The molecule has 0 aliphatic carbocycles. The Morgan fingerprint density at radius 1 is 0.974 bits per heavy atom. The van der Waals surface area contributed by atoms with Gasteiger partial charge in [0.15, 0.2) is 0 Å². The van der Waals surface area contributed by atoms with Gasteiger partial charge in [0.1, 0.15) is 18.4 Å². The largest absolute Gasteiger partial charge is 0.354 e. The first-order valence-corrected chi connectivity index (χ1v) is 14.9. The van der Waals surface area contributed by atoms with Crippen LogP contribution in [0.5, 0.6) is 0 Å². The van der Waals surface area contributed by atoms with E-state index in [0.29, 0.717) is 13.0 Å². The zero-order chi connectivity index (χ0) is 28.6. The molecule has 0 aliphatic heterocycles.